The molecule has 5 aliphatic rings. The van der Waals surface area contributed by atoms with E-state index in [1.54, 1.807) is 27.7 Å². The largest absolute Gasteiger partial charge is 0.472 e. The Hall–Kier alpha value is -5.20. The van der Waals surface area contributed by atoms with Gasteiger partial charge >= 0.3 is 35.8 Å². The Morgan fingerprint density at radius 3 is 2.23 bits per heavy atom. The van der Waals surface area contributed by atoms with Crippen LogP contribution in [0.15, 0.2) is 47.5 Å². The number of carbonyl (C=O) groups excluding carboxylic acids is 7. The number of fused-ring (bicyclic) bond motifs is 1. The maximum absolute atomic E-state index is 16.3. The first kappa shape index (κ1) is 42.9. The van der Waals surface area contributed by atoms with Crippen LogP contribution in [0.2, 0.25) is 0 Å². The summed E-state index contributed by atoms with van der Waals surface area (Å²) < 4.78 is 54.5. The van der Waals surface area contributed by atoms with Gasteiger partial charge in [-0.2, -0.15) is 0 Å². The molecular weight excluding hydrogens is 790 g/mol. The molecule has 13 atom stereocenters. The minimum absolute atomic E-state index is 0.0419. The van der Waals surface area contributed by atoms with Crippen LogP contribution in [0.25, 0.3) is 0 Å². The second kappa shape index (κ2) is 14.5. The average molecular weight is 840 g/mol. The van der Waals surface area contributed by atoms with E-state index < -0.39 is 136 Å². The number of carbonyl (C=O) groups is 7. The van der Waals surface area contributed by atoms with Crippen molar-refractivity contribution in [1.82, 2.24) is 4.98 Å². The van der Waals surface area contributed by atoms with Crippen molar-refractivity contribution in [3.05, 3.63) is 54.2 Å². The molecular formula is C42H49NO17. The molecule has 2 aromatic heterocycles. The lowest BCUT2D eigenvalue weighted by Crippen LogP contribution is -2.76. The quantitative estimate of drug-likeness (QED) is 0.205. The van der Waals surface area contributed by atoms with Crippen LogP contribution in [-0.4, -0.2) is 113 Å². The fraction of sp³-hybridized carbons (Fsp3) is 0.619. The normalized spacial score (nSPS) is 38.9. The smallest absolute Gasteiger partial charge is 0.351 e. The van der Waals surface area contributed by atoms with E-state index in [4.69, 9.17) is 42.3 Å². The minimum atomic E-state index is -2.99. The van der Waals surface area contributed by atoms with E-state index in [0.29, 0.717) is 6.42 Å². The predicted octanol–water partition coefficient (Wildman–Crippen LogP) is 2.77. The van der Waals surface area contributed by atoms with Gasteiger partial charge in [0.15, 0.2) is 34.8 Å². The number of epoxide rings is 1. The van der Waals surface area contributed by atoms with Gasteiger partial charge in [0.1, 0.15) is 18.3 Å². The zero-order valence-electron chi connectivity index (χ0n) is 34.7. The number of nitrogens with zero attached hydrogens (tertiary/aromatic N) is 1. The number of methoxy groups -OCH3 is 1. The number of ether oxygens (including phenoxy) is 8. The summed E-state index contributed by atoms with van der Waals surface area (Å²) in [5.41, 5.74) is -13.6. The monoisotopic (exact) mass is 839 g/mol. The molecule has 324 valence electrons. The molecule has 2 aromatic rings. The van der Waals surface area contributed by atoms with Gasteiger partial charge in [-0.15, -0.1) is 0 Å². The van der Waals surface area contributed by atoms with Crippen molar-refractivity contribution in [3.8, 4) is 0 Å². The van der Waals surface area contributed by atoms with Crippen LogP contribution in [0.4, 0.5) is 0 Å². The topological polar surface area (TPSA) is 243 Å². The van der Waals surface area contributed by atoms with Crippen LogP contribution >= 0.6 is 0 Å². The molecule has 2 aliphatic carbocycles. The van der Waals surface area contributed by atoms with Crippen molar-refractivity contribution in [2.45, 2.75) is 122 Å². The van der Waals surface area contributed by atoms with E-state index in [0.717, 1.165) is 21.0 Å². The molecule has 1 N–H and O–H groups in total. The van der Waals surface area contributed by atoms with Crippen LogP contribution < -0.4 is 0 Å². The molecule has 2 saturated carbocycles. The highest BCUT2D eigenvalue weighted by molar-refractivity contribution is 6.00. The maximum atomic E-state index is 16.3. The van der Waals surface area contributed by atoms with Crippen molar-refractivity contribution in [2.24, 2.45) is 28.1 Å². The Labute approximate surface area is 344 Å². The highest BCUT2D eigenvalue weighted by Crippen LogP contribution is 2.77. The zero-order chi connectivity index (χ0) is 44.0. The number of rotatable bonds is 10. The summed E-state index contributed by atoms with van der Waals surface area (Å²) in [6, 6.07) is 4.35. The van der Waals surface area contributed by atoms with Crippen LogP contribution in [0.1, 0.15) is 90.3 Å². The summed E-state index contributed by atoms with van der Waals surface area (Å²) in [7, 11) is 1.14. The molecule has 18 nitrogen and oxygen atoms in total. The van der Waals surface area contributed by atoms with Gasteiger partial charge in [-0.1, -0.05) is 27.7 Å². The Bertz CT molecular complexity index is 2100. The van der Waals surface area contributed by atoms with E-state index in [2.05, 4.69) is 4.98 Å². The molecule has 1 unspecified atom stereocenters. The van der Waals surface area contributed by atoms with Crippen LogP contribution in [0.5, 0.6) is 0 Å². The van der Waals surface area contributed by atoms with Gasteiger partial charge in [0.25, 0.3) is 0 Å². The van der Waals surface area contributed by atoms with E-state index in [1.165, 1.54) is 57.0 Å². The molecule has 5 fully saturated rings. The minimum Gasteiger partial charge on any atom is -0.472 e. The third kappa shape index (κ3) is 5.62. The first-order chi connectivity index (χ1) is 28.1. The Kier molecular flexibility index (Phi) is 10.4. The first-order valence-corrected chi connectivity index (χ1v) is 19.7. The molecule has 2 spiro atoms. The third-order valence-corrected chi connectivity index (χ3v) is 13.8. The van der Waals surface area contributed by atoms with E-state index in [9.17, 15) is 33.9 Å². The van der Waals surface area contributed by atoms with Gasteiger partial charge < -0.3 is 47.4 Å². The SMILES string of the molecule is CCC(C)C(=O)O[C@@H]1[C@H](OC(=O)c2cccnc2)[C@@H]2O[C@]34[C@H](OC(C)=O)C(=O)O[C@@H](c5ccoc5)[C@]3(C)[C@@H](OC(C)=O)[C@](O)(C(=O)[C@]2(C)[C@@H](CC(=O)OC)C1(C)C)[C@@]41CO1. The number of furan rings is 1. The van der Waals surface area contributed by atoms with Crippen molar-refractivity contribution in [1.29, 1.82) is 0 Å². The van der Waals surface area contributed by atoms with Crippen LogP contribution in [0, 0.1) is 28.1 Å². The summed E-state index contributed by atoms with van der Waals surface area (Å²) in [5.74, 6) is -8.77. The maximum Gasteiger partial charge on any atom is 0.351 e. The second-order valence-corrected chi connectivity index (χ2v) is 17.3. The molecule has 0 aromatic carbocycles. The highest BCUT2D eigenvalue weighted by atomic mass is 16.7. The lowest BCUT2D eigenvalue weighted by atomic mass is 9.48. The number of esters is 6. The van der Waals surface area contributed by atoms with Crippen molar-refractivity contribution >= 4 is 41.6 Å². The van der Waals surface area contributed by atoms with Crippen molar-refractivity contribution in [3.63, 3.8) is 0 Å². The second-order valence-electron chi connectivity index (χ2n) is 17.3. The summed E-state index contributed by atoms with van der Waals surface area (Å²) in [5, 5.41) is 13.7. The van der Waals surface area contributed by atoms with Gasteiger partial charge in [-0.3, -0.25) is 29.0 Å². The number of cyclic esters (lactones) is 1. The molecule has 3 aliphatic heterocycles. The lowest BCUT2D eigenvalue weighted by molar-refractivity contribution is -0.329. The first-order valence-electron chi connectivity index (χ1n) is 19.7. The highest BCUT2D eigenvalue weighted by Gasteiger charge is 2.99. The predicted molar refractivity (Wildman–Crippen MR) is 198 cm³/mol. The molecule has 5 heterocycles. The number of hydrogen-bond acceptors (Lipinski definition) is 18. The third-order valence-electron chi connectivity index (χ3n) is 13.8. The molecule has 0 radical (unpaired) electrons. The van der Waals surface area contributed by atoms with Gasteiger partial charge in [-0.05, 0) is 44.4 Å². The van der Waals surface area contributed by atoms with Crippen LogP contribution in [0.3, 0.4) is 0 Å². The van der Waals surface area contributed by atoms with Gasteiger partial charge in [0.05, 0.1) is 55.0 Å². The molecule has 18 heteroatoms. The van der Waals surface area contributed by atoms with E-state index in [1.807, 2.05) is 0 Å². The molecule has 0 amide bonds. The average Bonchev–Trinajstić information content (AvgIpc) is 3.83. The van der Waals surface area contributed by atoms with Crippen molar-refractivity contribution < 1.29 is 81.0 Å². The number of pyridine rings is 1. The molecule has 7 rings (SSSR count). The summed E-state index contributed by atoms with van der Waals surface area (Å²) in [6.07, 6.45) is -5.90. The number of Topliss-reactive ketones (excluding diaryl/α,β-unsaturated/α-hetero) is 1. The fourth-order valence-electron chi connectivity index (χ4n) is 10.8. The molecule has 60 heavy (non-hydrogen) atoms. The summed E-state index contributed by atoms with van der Waals surface area (Å²) >= 11 is 0. The number of hydrogen-bond donors (Lipinski definition) is 1. The van der Waals surface area contributed by atoms with Gasteiger partial charge in [0, 0.05) is 37.2 Å². The summed E-state index contributed by atoms with van der Waals surface area (Å²) in [4.78, 5) is 103. The van der Waals surface area contributed by atoms with E-state index >= 15 is 4.79 Å². The number of ketones is 1. The fourth-order valence-corrected chi connectivity index (χ4v) is 10.8. The Balaban J connectivity index is 1.59. The molecule has 3 saturated heterocycles. The Morgan fingerprint density at radius 1 is 1.00 bits per heavy atom. The standard InChI is InChI=1S/C42H49NO17/c1-10-20(2)32(47)59-29-27(57-33(48)23-12-11-14-43-17-23)30-38(7,25(37(29,5)6)16-26(46)52-9)35(50)41(51)36(56-22(4)45)39(8)28(24-13-15-53-18-24)58-34(49)31(55-21(3)44)42(39,60-30)40(41)19-54-40/h11-15,17-18,20,25,27-31,36,51H,10,16,19H2,1-9H3/t20?,25-,27-,28-,29+,30-,31+,36+,38+,39+,40-,41+,42+/m0/s1. The van der Waals surface area contributed by atoms with Gasteiger partial charge in [0.2, 0.25) is 6.10 Å². The van der Waals surface area contributed by atoms with Gasteiger partial charge in [-0.25, -0.2) is 9.59 Å². The summed E-state index contributed by atoms with van der Waals surface area (Å²) in [6.45, 7) is 11.0. The lowest BCUT2D eigenvalue weighted by Gasteiger charge is -2.62. The molecule has 2 bridgehead atoms. The number of aromatic nitrogens is 1. The van der Waals surface area contributed by atoms with Crippen molar-refractivity contribution in [2.75, 3.05) is 13.7 Å². The number of aliphatic hydroxyl groups is 1. The Morgan fingerprint density at radius 2 is 1.68 bits per heavy atom. The van der Waals surface area contributed by atoms with E-state index in [-0.39, 0.29) is 11.1 Å². The van der Waals surface area contributed by atoms with Crippen LogP contribution in [-0.2, 0) is 66.7 Å². The zero-order valence-corrected chi connectivity index (χ0v) is 34.7.